The van der Waals surface area contributed by atoms with Gasteiger partial charge >= 0.3 is 0 Å². The normalized spacial score (nSPS) is 17.7. The topological polar surface area (TPSA) is 49.3 Å². The number of benzene rings is 1. The summed E-state index contributed by atoms with van der Waals surface area (Å²) in [5.41, 5.74) is 0.480. The molecule has 4 heteroatoms. The van der Waals surface area contributed by atoms with Gasteiger partial charge in [-0.3, -0.25) is 4.79 Å². The lowest BCUT2D eigenvalue weighted by Gasteiger charge is -2.26. The Hall–Kier alpha value is -1.00. The average molecular weight is 265 g/mol. The fraction of sp³-hybridized carbons (Fsp3) is 0.500. The molecular formula is C14H19NO2S. The number of carbonyl (C=O) groups is 1. The van der Waals surface area contributed by atoms with Gasteiger partial charge < -0.3 is 10.4 Å². The van der Waals surface area contributed by atoms with E-state index in [9.17, 15) is 9.90 Å². The third-order valence-corrected chi connectivity index (χ3v) is 4.16. The lowest BCUT2D eigenvalue weighted by atomic mass is 9.87. The van der Waals surface area contributed by atoms with Gasteiger partial charge in [-0.05, 0) is 25.0 Å². The minimum atomic E-state index is -0.111. The van der Waals surface area contributed by atoms with E-state index >= 15 is 0 Å². The van der Waals surface area contributed by atoms with Crippen LogP contribution in [0.2, 0.25) is 0 Å². The summed E-state index contributed by atoms with van der Waals surface area (Å²) in [4.78, 5) is 12.7. The molecule has 0 atom stereocenters. The summed E-state index contributed by atoms with van der Waals surface area (Å²) in [5, 5.41) is 12.4. The molecule has 0 aromatic heterocycles. The van der Waals surface area contributed by atoms with Crippen LogP contribution in [0.1, 0.15) is 36.0 Å². The van der Waals surface area contributed by atoms with Crippen LogP contribution in [-0.2, 0) is 0 Å². The second kappa shape index (κ2) is 5.76. The van der Waals surface area contributed by atoms with E-state index in [0.29, 0.717) is 17.0 Å². The van der Waals surface area contributed by atoms with Gasteiger partial charge in [0, 0.05) is 16.9 Å². The van der Waals surface area contributed by atoms with E-state index in [-0.39, 0.29) is 17.9 Å². The van der Waals surface area contributed by atoms with E-state index in [1.807, 2.05) is 12.1 Å². The fourth-order valence-corrected chi connectivity index (χ4v) is 2.81. The Morgan fingerprint density at radius 1 is 1.33 bits per heavy atom. The average Bonchev–Trinajstić information content (AvgIpc) is 2.86. The highest BCUT2D eigenvalue weighted by Crippen LogP contribution is 2.36. The number of rotatable bonds is 4. The molecule has 18 heavy (non-hydrogen) atoms. The molecular weight excluding hydrogens is 246 g/mol. The first-order valence-corrected chi connectivity index (χ1v) is 6.79. The summed E-state index contributed by atoms with van der Waals surface area (Å²) in [6, 6.07) is 7.24. The lowest BCUT2D eigenvalue weighted by Crippen LogP contribution is -2.38. The van der Waals surface area contributed by atoms with Crippen molar-refractivity contribution in [1.29, 1.82) is 0 Å². The van der Waals surface area contributed by atoms with Crippen molar-refractivity contribution in [1.82, 2.24) is 5.32 Å². The van der Waals surface area contributed by atoms with Crippen molar-refractivity contribution in [2.24, 2.45) is 5.41 Å². The maximum atomic E-state index is 12.0. The van der Waals surface area contributed by atoms with E-state index in [0.717, 1.165) is 25.7 Å². The van der Waals surface area contributed by atoms with Crippen LogP contribution in [-0.4, -0.2) is 24.2 Å². The number of thiol groups is 1. The van der Waals surface area contributed by atoms with Gasteiger partial charge in [-0.2, -0.15) is 0 Å². The Balaban J connectivity index is 1.98. The second-order valence-electron chi connectivity index (χ2n) is 5.07. The Labute approximate surface area is 113 Å². The minimum absolute atomic E-state index is 0.110. The number of hydrogen-bond acceptors (Lipinski definition) is 3. The summed E-state index contributed by atoms with van der Waals surface area (Å²) >= 11 is 4.27. The summed E-state index contributed by atoms with van der Waals surface area (Å²) in [6.07, 6.45) is 4.26. The zero-order chi connectivity index (χ0) is 13.0. The quantitative estimate of drug-likeness (QED) is 0.731. The van der Waals surface area contributed by atoms with Crippen LogP contribution in [0, 0.1) is 5.41 Å². The van der Waals surface area contributed by atoms with Crippen LogP contribution in [0.5, 0.6) is 0 Å². The summed E-state index contributed by atoms with van der Waals surface area (Å²) in [7, 11) is 0. The van der Waals surface area contributed by atoms with Crippen molar-refractivity contribution >= 4 is 18.5 Å². The maximum Gasteiger partial charge on any atom is 0.252 e. The van der Waals surface area contributed by atoms with E-state index in [2.05, 4.69) is 17.9 Å². The SMILES string of the molecule is O=C(NCC1(CO)CCCC1)c1ccccc1S. The van der Waals surface area contributed by atoms with Crippen LogP contribution < -0.4 is 5.32 Å². The molecule has 1 aromatic rings. The second-order valence-corrected chi connectivity index (χ2v) is 5.55. The van der Waals surface area contributed by atoms with E-state index in [4.69, 9.17) is 0 Å². The van der Waals surface area contributed by atoms with Gasteiger partial charge in [0.05, 0.1) is 12.2 Å². The summed E-state index contributed by atoms with van der Waals surface area (Å²) in [6.45, 7) is 0.695. The summed E-state index contributed by atoms with van der Waals surface area (Å²) < 4.78 is 0. The maximum absolute atomic E-state index is 12.0. The highest BCUT2D eigenvalue weighted by molar-refractivity contribution is 7.80. The molecule has 0 heterocycles. The molecule has 2 rings (SSSR count). The van der Waals surface area contributed by atoms with Crippen molar-refractivity contribution in [3.63, 3.8) is 0 Å². The predicted octanol–water partition coefficient (Wildman–Crippen LogP) is 2.26. The number of hydrogen-bond donors (Lipinski definition) is 3. The molecule has 0 radical (unpaired) electrons. The fourth-order valence-electron chi connectivity index (χ4n) is 2.54. The molecule has 0 bridgehead atoms. The van der Waals surface area contributed by atoms with Crippen molar-refractivity contribution in [2.75, 3.05) is 13.2 Å². The first-order valence-electron chi connectivity index (χ1n) is 6.34. The Bertz CT molecular complexity index is 428. The predicted molar refractivity (Wildman–Crippen MR) is 74.0 cm³/mol. The van der Waals surface area contributed by atoms with Crippen molar-refractivity contribution in [3.05, 3.63) is 29.8 Å². The van der Waals surface area contributed by atoms with Gasteiger partial charge in [0.1, 0.15) is 0 Å². The Morgan fingerprint density at radius 3 is 2.61 bits per heavy atom. The van der Waals surface area contributed by atoms with Gasteiger partial charge in [-0.15, -0.1) is 12.6 Å². The first-order chi connectivity index (χ1) is 8.67. The highest BCUT2D eigenvalue weighted by atomic mass is 32.1. The van der Waals surface area contributed by atoms with Crippen molar-refractivity contribution < 1.29 is 9.90 Å². The Morgan fingerprint density at radius 2 is 2.00 bits per heavy atom. The van der Waals surface area contributed by atoms with Crippen LogP contribution in [0.15, 0.2) is 29.2 Å². The van der Waals surface area contributed by atoms with Gasteiger partial charge in [-0.25, -0.2) is 0 Å². The standard InChI is InChI=1S/C14H19NO2S/c16-10-14(7-3-4-8-14)9-15-13(17)11-5-1-2-6-12(11)18/h1-2,5-6,16,18H,3-4,7-10H2,(H,15,17). The van der Waals surface area contributed by atoms with Gasteiger partial charge in [0.2, 0.25) is 0 Å². The molecule has 0 unspecified atom stereocenters. The van der Waals surface area contributed by atoms with Crippen LogP contribution >= 0.6 is 12.6 Å². The third kappa shape index (κ3) is 2.87. The van der Waals surface area contributed by atoms with Gasteiger partial charge in [-0.1, -0.05) is 25.0 Å². The molecule has 98 valence electrons. The number of aliphatic hydroxyl groups excluding tert-OH is 1. The van der Waals surface area contributed by atoms with E-state index in [1.165, 1.54) is 0 Å². The molecule has 2 N–H and O–H groups in total. The Kier molecular flexibility index (Phi) is 4.30. The number of amides is 1. The molecule has 0 aliphatic heterocycles. The molecule has 3 nitrogen and oxygen atoms in total. The molecule has 1 aliphatic rings. The summed E-state index contributed by atoms with van der Waals surface area (Å²) in [5.74, 6) is -0.111. The van der Waals surface area contributed by atoms with Gasteiger partial charge in [0.15, 0.2) is 0 Å². The lowest BCUT2D eigenvalue weighted by molar-refractivity contribution is 0.0878. The zero-order valence-corrected chi connectivity index (χ0v) is 11.2. The largest absolute Gasteiger partial charge is 0.396 e. The highest BCUT2D eigenvalue weighted by Gasteiger charge is 2.33. The molecule has 1 amide bonds. The number of carbonyl (C=O) groups excluding carboxylic acids is 1. The molecule has 1 aromatic carbocycles. The van der Waals surface area contributed by atoms with Crippen molar-refractivity contribution in [2.45, 2.75) is 30.6 Å². The third-order valence-electron chi connectivity index (χ3n) is 3.77. The molecule has 1 fully saturated rings. The van der Waals surface area contributed by atoms with Gasteiger partial charge in [0.25, 0.3) is 5.91 Å². The van der Waals surface area contributed by atoms with Crippen molar-refractivity contribution in [3.8, 4) is 0 Å². The minimum Gasteiger partial charge on any atom is -0.396 e. The molecule has 1 aliphatic carbocycles. The van der Waals surface area contributed by atoms with E-state index in [1.54, 1.807) is 12.1 Å². The van der Waals surface area contributed by atoms with E-state index < -0.39 is 0 Å². The molecule has 1 saturated carbocycles. The van der Waals surface area contributed by atoms with Crippen LogP contribution in [0.4, 0.5) is 0 Å². The first kappa shape index (κ1) is 13.4. The van der Waals surface area contributed by atoms with Crippen LogP contribution in [0.25, 0.3) is 0 Å². The number of aliphatic hydroxyl groups is 1. The zero-order valence-electron chi connectivity index (χ0n) is 10.4. The monoisotopic (exact) mass is 265 g/mol. The smallest absolute Gasteiger partial charge is 0.252 e. The molecule has 0 saturated heterocycles. The van der Waals surface area contributed by atoms with Crippen LogP contribution in [0.3, 0.4) is 0 Å². The number of nitrogens with one attached hydrogen (secondary N) is 1. The molecule has 0 spiro atoms.